The molecule has 2 fully saturated rings. The number of hydrogen-bond donors (Lipinski definition) is 1. The zero-order chi connectivity index (χ0) is 12.3. The van der Waals surface area contributed by atoms with Gasteiger partial charge in [0.2, 0.25) is 0 Å². The third kappa shape index (κ3) is 3.68. The van der Waals surface area contributed by atoms with Crippen LogP contribution in [-0.4, -0.2) is 37.4 Å². The molecule has 0 amide bonds. The minimum absolute atomic E-state index is 0.116. The molecule has 1 N–H and O–H groups in total. The Morgan fingerprint density at radius 1 is 1.47 bits per heavy atom. The van der Waals surface area contributed by atoms with Crippen LogP contribution in [0.5, 0.6) is 0 Å². The van der Waals surface area contributed by atoms with Gasteiger partial charge in [0.15, 0.2) is 0 Å². The van der Waals surface area contributed by atoms with E-state index in [2.05, 4.69) is 5.32 Å². The van der Waals surface area contributed by atoms with Gasteiger partial charge in [0.1, 0.15) is 0 Å². The highest BCUT2D eigenvalue weighted by Gasteiger charge is 2.40. The molecule has 1 heterocycles. The average molecular weight is 241 g/mol. The summed E-state index contributed by atoms with van der Waals surface area (Å²) in [6, 6.07) is 0.592. The number of esters is 1. The second-order valence-corrected chi connectivity index (χ2v) is 5.14. The Kier molecular flexibility index (Phi) is 4.40. The Bertz CT molecular complexity index is 265. The summed E-state index contributed by atoms with van der Waals surface area (Å²) in [5, 5.41) is 3.51. The van der Waals surface area contributed by atoms with Crippen molar-refractivity contribution in [3.8, 4) is 0 Å². The summed E-state index contributed by atoms with van der Waals surface area (Å²) in [6.45, 7) is 5.19. The monoisotopic (exact) mass is 241 g/mol. The SMILES string of the molecule is CCOC(=O)CC(C)NC1CCOC1C1CC1. The fourth-order valence-corrected chi connectivity index (χ4v) is 2.57. The summed E-state index contributed by atoms with van der Waals surface area (Å²) in [6.07, 6.45) is 4.49. The van der Waals surface area contributed by atoms with Crippen molar-refractivity contribution in [1.29, 1.82) is 0 Å². The molecule has 4 nitrogen and oxygen atoms in total. The molecule has 17 heavy (non-hydrogen) atoms. The molecule has 0 radical (unpaired) electrons. The van der Waals surface area contributed by atoms with Crippen molar-refractivity contribution in [3.63, 3.8) is 0 Å². The van der Waals surface area contributed by atoms with Crippen LogP contribution < -0.4 is 5.32 Å². The van der Waals surface area contributed by atoms with E-state index in [1.54, 1.807) is 0 Å². The molecule has 0 spiro atoms. The van der Waals surface area contributed by atoms with Gasteiger partial charge in [-0.05, 0) is 39.0 Å². The van der Waals surface area contributed by atoms with Crippen molar-refractivity contribution in [2.24, 2.45) is 5.92 Å². The lowest BCUT2D eigenvalue weighted by atomic mass is 10.0. The first-order valence-electron chi connectivity index (χ1n) is 6.74. The van der Waals surface area contributed by atoms with Crippen LogP contribution in [0.15, 0.2) is 0 Å². The van der Waals surface area contributed by atoms with E-state index in [-0.39, 0.29) is 12.0 Å². The number of hydrogen-bond acceptors (Lipinski definition) is 4. The smallest absolute Gasteiger partial charge is 0.307 e. The second-order valence-electron chi connectivity index (χ2n) is 5.14. The van der Waals surface area contributed by atoms with E-state index in [9.17, 15) is 4.79 Å². The number of rotatable bonds is 6. The van der Waals surface area contributed by atoms with Gasteiger partial charge in [-0.2, -0.15) is 0 Å². The van der Waals surface area contributed by atoms with Gasteiger partial charge in [0.25, 0.3) is 0 Å². The third-order valence-corrected chi connectivity index (χ3v) is 3.50. The van der Waals surface area contributed by atoms with Crippen LogP contribution in [0.25, 0.3) is 0 Å². The van der Waals surface area contributed by atoms with Crippen molar-refractivity contribution in [2.45, 2.75) is 57.7 Å². The van der Waals surface area contributed by atoms with Crippen molar-refractivity contribution >= 4 is 5.97 Å². The van der Waals surface area contributed by atoms with Crippen LogP contribution in [-0.2, 0) is 14.3 Å². The highest BCUT2D eigenvalue weighted by atomic mass is 16.5. The van der Waals surface area contributed by atoms with Gasteiger partial charge >= 0.3 is 5.97 Å². The molecular weight excluding hydrogens is 218 g/mol. The van der Waals surface area contributed by atoms with Gasteiger partial charge in [-0.1, -0.05) is 0 Å². The van der Waals surface area contributed by atoms with Gasteiger partial charge < -0.3 is 14.8 Å². The Morgan fingerprint density at radius 2 is 2.24 bits per heavy atom. The molecule has 0 aromatic heterocycles. The van der Waals surface area contributed by atoms with E-state index < -0.39 is 0 Å². The highest BCUT2D eigenvalue weighted by Crippen LogP contribution is 2.38. The molecule has 0 aromatic rings. The van der Waals surface area contributed by atoms with Crippen molar-refractivity contribution in [1.82, 2.24) is 5.32 Å². The molecule has 1 saturated carbocycles. The first kappa shape index (κ1) is 12.8. The lowest BCUT2D eigenvalue weighted by molar-refractivity contribution is -0.143. The van der Waals surface area contributed by atoms with E-state index in [0.717, 1.165) is 18.9 Å². The first-order valence-corrected chi connectivity index (χ1v) is 6.74. The number of ether oxygens (including phenoxy) is 2. The Labute approximate surface area is 103 Å². The summed E-state index contributed by atoms with van der Waals surface area (Å²) in [4.78, 5) is 11.4. The van der Waals surface area contributed by atoms with E-state index in [1.807, 2.05) is 13.8 Å². The van der Waals surface area contributed by atoms with Crippen LogP contribution in [0, 0.1) is 5.92 Å². The van der Waals surface area contributed by atoms with Gasteiger partial charge in [0, 0.05) is 18.7 Å². The van der Waals surface area contributed by atoms with Crippen LogP contribution in [0.4, 0.5) is 0 Å². The Hall–Kier alpha value is -0.610. The largest absolute Gasteiger partial charge is 0.466 e. The molecule has 0 aromatic carbocycles. The second kappa shape index (κ2) is 5.83. The van der Waals surface area contributed by atoms with Gasteiger partial charge in [0.05, 0.1) is 19.1 Å². The lowest BCUT2D eigenvalue weighted by Crippen LogP contribution is -2.43. The molecular formula is C13H23NO3. The minimum Gasteiger partial charge on any atom is -0.466 e. The van der Waals surface area contributed by atoms with Crippen molar-refractivity contribution < 1.29 is 14.3 Å². The number of carbonyl (C=O) groups excluding carboxylic acids is 1. The molecule has 0 bridgehead atoms. The van der Waals surface area contributed by atoms with Crippen LogP contribution in [0.2, 0.25) is 0 Å². The van der Waals surface area contributed by atoms with E-state index in [4.69, 9.17) is 9.47 Å². The van der Waals surface area contributed by atoms with Crippen LogP contribution in [0.1, 0.15) is 39.5 Å². The van der Waals surface area contributed by atoms with Gasteiger partial charge in [-0.25, -0.2) is 0 Å². The fourth-order valence-electron chi connectivity index (χ4n) is 2.57. The summed E-state index contributed by atoms with van der Waals surface area (Å²) < 4.78 is 10.7. The molecule has 3 unspecified atom stereocenters. The summed E-state index contributed by atoms with van der Waals surface area (Å²) in [5.74, 6) is 0.638. The van der Waals surface area contributed by atoms with Gasteiger partial charge in [-0.3, -0.25) is 4.79 Å². The topological polar surface area (TPSA) is 47.6 Å². The average Bonchev–Trinajstić information content (AvgIpc) is 3.00. The third-order valence-electron chi connectivity index (χ3n) is 3.50. The van der Waals surface area contributed by atoms with Crippen molar-refractivity contribution in [2.75, 3.05) is 13.2 Å². The van der Waals surface area contributed by atoms with Crippen LogP contribution >= 0.6 is 0 Å². The number of carbonyl (C=O) groups is 1. The van der Waals surface area contributed by atoms with E-state index >= 15 is 0 Å². The van der Waals surface area contributed by atoms with E-state index in [1.165, 1.54) is 12.8 Å². The summed E-state index contributed by atoms with van der Waals surface area (Å²) in [7, 11) is 0. The standard InChI is InChI=1S/C13H23NO3/c1-3-16-12(15)8-9(2)14-11-6-7-17-13(11)10-4-5-10/h9-11,13-14H,3-8H2,1-2H3. The Balaban J connectivity index is 1.73. The normalized spacial score (nSPS) is 30.2. The molecule has 98 valence electrons. The fraction of sp³-hybridized carbons (Fsp3) is 0.923. The zero-order valence-electron chi connectivity index (χ0n) is 10.8. The molecule has 2 aliphatic rings. The minimum atomic E-state index is -0.116. The molecule has 1 aliphatic heterocycles. The van der Waals surface area contributed by atoms with Crippen molar-refractivity contribution in [3.05, 3.63) is 0 Å². The maximum Gasteiger partial charge on any atom is 0.307 e. The number of nitrogens with one attached hydrogen (secondary N) is 1. The maximum absolute atomic E-state index is 11.4. The first-order chi connectivity index (χ1) is 8.20. The molecule has 3 atom stereocenters. The molecule has 4 heteroatoms. The summed E-state index contributed by atoms with van der Waals surface area (Å²) >= 11 is 0. The highest BCUT2D eigenvalue weighted by molar-refractivity contribution is 5.70. The zero-order valence-corrected chi connectivity index (χ0v) is 10.8. The maximum atomic E-state index is 11.4. The predicted molar refractivity (Wildman–Crippen MR) is 64.7 cm³/mol. The van der Waals surface area contributed by atoms with Gasteiger partial charge in [-0.15, -0.1) is 0 Å². The predicted octanol–water partition coefficient (Wildman–Crippen LogP) is 1.49. The summed E-state index contributed by atoms with van der Waals surface area (Å²) in [5.41, 5.74) is 0. The Morgan fingerprint density at radius 3 is 2.88 bits per heavy atom. The lowest BCUT2D eigenvalue weighted by Gasteiger charge is -2.23. The van der Waals surface area contributed by atoms with E-state index in [0.29, 0.717) is 25.2 Å². The quantitative estimate of drug-likeness (QED) is 0.716. The molecule has 2 rings (SSSR count). The molecule has 1 aliphatic carbocycles. The molecule has 1 saturated heterocycles. The van der Waals surface area contributed by atoms with Crippen LogP contribution in [0.3, 0.4) is 0 Å².